The van der Waals surface area contributed by atoms with Crippen LogP contribution >= 0.6 is 0 Å². The molecule has 0 atom stereocenters. The summed E-state index contributed by atoms with van der Waals surface area (Å²) in [6.07, 6.45) is 1.54. The van der Waals surface area contributed by atoms with Crippen molar-refractivity contribution < 1.29 is 9.90 Å². The van der Waals surface area contributed by atoms with Crippen LogP contribution in [0.1, 0.15) is 21.5 Å². The molecule has 0 aliphatic rings. The van der Waals surface area contributed by atoms with Crippen LogP contribution in [0.4, 0.5) is 0 Å². The highest BCUT2D eigenvalue weighted by atomic mass is 16.4. The molecule has 0 aliphatic heterocycles. The van der Waals surface area contributed by atoms with Crippen LogP contribution in [0.5, 0.6) is 0 Å². The van der Waals surface area contributed by atoms with Crippen LogP contribution in [0.15, 0.2) is 42.6 Å². The molecule has 1 heterocycles. The topological polar surface area (TPSA) is 53.1 Å². The Balaban J connectivity index is 2.19. The average molecular weight is 265 g/mol. The van der Waals surface area contributed by atoms with Crippen molar-refractivity contribution in [3.63, 3.8) is 0 Å². The summed E-state index contributed by atoms with van der Waals surface area (Å²) in [5, 5.41) is 9.86. The van der Waals surface area contributed by atoms with E-state index in [1.54, 1.807) is 6.20 Å². The quantitative estimate of drug-likeness (QED) is 0.731. The first-order valence-corrected chi connectivity index (χ1v) is 6.49. The Morgan fingerprint density at radius 1 is 1.15 bits per heavy atom. The number of fused-ring (bicyclic) bond motifs is 1. The number of carbonyl (C=O) groups is 1. The maximum absolute atomic E-state index is 11.1. The molecule has 0 bridgehead atoms. The molecule has 1 aromatic heterocycles. The van der Waals surface area contributed by atoms with Gasteiger partial charge in [0.25, 0.3) is 0 Å². The van der Waals surface area contributed by atoms with Crippen LogP contribution in [0.3, 0.4) is 0 Å². The molecule has 0 aliphatic carbocycles. The van der Waals surface area contributed by atoms with Gasteiger partial charge in [0.2, 0.25) is 0 Å². The van der Waals surface area contributed by atoms with Crippen LogP contribution < -0.4 is 0 Å². The lowest BCUT2D eigenvalue weighted by molar-refractivity contribution is 0.0699. The number of carboxylic acids is 1. The van der Waals surface area contributed by atoms with Crippen LogP contribution in [0.2, 0.25) is 0 Å². The molecule has 3 heteroatoms. The Kier molecular flexibility index (Phi) is 2.83. The predicted molar refractivity (Wildman–Crippen MR) is 80.2 cm³/mol. The Morgan fingerprint density at radius 2 is 1.95 bits per heavy atom. The summed E-state index contributed by atoms with van der Waals surface area (Å²) in [6.45, 7) is 4.20. The lowest BCUT2D eigenvalue weighted by atomic mass is 9.96. The predicted octanol–water partition coefficient (Wildman–Crippen LogP) is 4.15. The van der Waals surface area contributed by atoms with Gasteiger partial charge in [0.1, 0.15) is 0 Å². The molecular weight excluding hydrogens is 250 g/mol. The molecular formula is C17H15NO2. The summed E-state index contributed by atoms with van der Waals surface area (Å²) < 4.78 is 0. The number of aromatic nitrogens is 1. The summed E-state index contributed by atoms with van der Waals surface area (Å²) in [5.41, 5.74) is 5.93. The highest BCUT2D eigenvalue weighted by Gasteiger charge is 2.11. The van der Waals surface area contributed by atoms with E-state index in [9.17, 15) is 4.79 Å². The van der Waals surface area contributed by atoms with E-state index < -0.39 is 5.97 Å². The van der Waals surface area contributed by atoms with Gasteiger partial charge in [-0.05, 0) is 42.2 Å². The minimum Gasteiger partial charge on any atom is -0.478 e. The number of benzene rings is 2. The molecule has 0 unspecified atom stereocenters. The summed E-state index contributed by atoms with van der Waals surface area (Å²) in [5.74, 6) is -0.907. The molecule has 20 heavy (non-hydrogen) atoms. The van der Waals surface area contributed by atoms with Crippen LogP contribution in [-0.4, -0.2) is 16.1 Å². The lowest BCUT2D eigenvalue weighted by Gasteiger charge is -2.09. The van der Waals surface area contributed by atoms with Crippen LogP contribution in [0, 0.1) is 13.8 Å². The van der Waals surface area contributed by atoms with Gasteiger partial charge >= 0.3 is 5.97 Å². The largest absolute Gasteiger partial charge is 0.478 e. The van der Waals surface area contributed by atoms with E-state index in [1.807, 2.05) is 24.3 Å². The molecule has 0 fully saturated rings. The van der Waals surface area contributed by atoms with Crippen molar-refractivity contribution in [2.75, 3.05) is 0 Å². The fraction of sp³-hybridized carbons (Fsp3) is 0.118. The van der Waals surface area contributed by atoms with Crippen molar-refractivity contribution >= 4 is 16.9 Å². The van der Waals surface area contributed by atoms with Gasteiger partial charge in [0, 0.05) is 17.1 Å². The van der Waals surface area contributed by atoms with E-state index in [0.29, 0.717) is 5.56 Å². The highest BCUT2D eigenvalue weighted by Crippen LogP contribution is 2.29. The van der Waals surface area contributed by atoms with Gasteiger partial charge in [-0.2, -0.15) is 0 Å². The van der Waals surface area contributed by atoms with Crippen molar-refractivity contribution in [2.24, 2.45) is 0 Å². The normalized spacial score (nSPS) is 10.9. The molecule has 2 N–H and O–H groups in total. The zero-order valence-corrected chi connectivity index (χ0v) is 11.4. The lowest BCUT2D eigenvalue weighted by Crippen LogP contribution is -1.93. The van der Waals surface area contributed by atoms with Gasteiger partial charge in [-0.1, -0.05) is 30.3 Å². The van der Waals surface area contributed by atoms with Crippen molar-refractivity contribution in [3.05, 3.63) is 59.3 Å². The zero-order valence-electron chi connectivity index (χ0n) is 11.4. The number of rotatable bonds is 2. The molecule has 0 amide bonds. The number of aromatic amines is 1. The second-order valence-corrected chi connectivity index (χ2v) is 5.02. The standard InChI is InChI=1S/C17H15NO2/c1-10-4-3-5-13(11(10)2)12-6-7-14-15(17(19)20)9-18-16(14)8-12/h3-9,18H,1-2H3,(H,19,20). The minimum absolute atomic E-state index is 0.313. The van der Waals surface area contributed by atoms with Crippen molar-refractivity contribution in [1.29, 1.82) is 0 Å². The van der Waals surface area contributed by atoms with Gasteiger partial charge in [-0.15, -0.1) is 0 Å². The Hall–Kier alpha value is -2.55. The molecule has 0 saturated heterocycles. The average Bonchev–Trinajstić information content (AvgIpc) is 2.85. The monoisotopic (exact) mass is 265 g/mol. The molecule has 3 nitrogen and oxygen atoms in total. The van der Waals surface area contributed by atoms with Crippen LogP contribution in [0.25, 0.3) is 22.0 Å². The van der Waals surface area contributed by atoms with Gasteiger partial charge in [0.05, 0.1) is 5.56 Å². The summed E-state index contributed by atoms with van der Waals surface area (Å²) in [4.78, 5) is 14.1. The smallest absolute Gasteiger partial charge is 0.337 e. The molecule has 0 spiro atoms. The Labute approximate surface area is 116 Å². The fourth-order valence-corrected chi connectivity index (χ4v) is 2.53. The van der Waals surface area contributed by atoms with E-state index in [-0.39, 0.29) is 0 Å². The van der Waals surface area contributed by atoms with Crippen molar-refractivity contribution in [2.45, 2.75) is 13.8 Å². The molecule has 3 rings (SSSR count). The number of aromatic carboxylic acids is 1. The second-order valence-electron chi connectivity index (χ2n) is 5.02. The zero-order chi connectivity index (χ0) is 14.3. The molecule has 3 aromatic rings. The third-order valence-electron chi connectivity index (χ3n) is 3.83. The SMILES string of the molecule is Cc1cccc(-c2ccc3c(C(=O)O)c[nH]c3c2)c1C. The van der Waals surface area contributed by atoms with E-state index in [0.717, 1.165) is 16.5 Å². The third kappa shape index (κ3) is 1.88. The summed E-state index contributed by atoms with van der Waals surface area (Å²) >= 11 is 0. The van der Waals surface area contributed by atoms with Crippen LogP contribution in [-0.2, 0) is 0 Å². The summed E-state index contributed by atoms with van der Waals surface area (Å²) in [7, 11) is 0. The highest BCUT2D eigenvalue weighted by molar-refractivity contribution is 6.04. The Bertz CT molecular complexity index is 815. The number of nitrogens with one attached hydrogen (secondary N) is 1. The van der Waals surface area contributed by atoms with Crippen molar-refractivity contribution in [1.82, 2.24) is 4.98 Å². The molecule has 100 valence electrons. The number of carboxylic acid groups (broad SMARTS) is 1. The molecule has 0 radical (unpaired) electrons. The van der Waals surface area contributed by atoms with E-state index in [1.165, 1.54) is 16.7 Å². The van der Waals surface area contributed by atoms with Gasteiger partial charge < -0.3 is 10.1 Å². The fourth-order valence-electron chi connectivity index (χ4n) is 2.53. The maximum Gasteiger partial charge on any atom is 0.337 e. The van der Waals surface area contributed by atoms with E-state index in [4.69, 9.17) is 5.11 Å². The maximum atomic E-state index is 11.1. The number of hydrogen-bond donors (Lipinski definition) is 2. The van der Waals surface area contributed by atoms with Gasteiger partial charge in [-0.3, -0.25) is 0 Å². The number of H-pyrrole nitrogens is 1. The first-order chi connectivity index (χ1) is 9.58. The second kappa shape index (κ2) is 4.53. The van der Waals surface area contributed by atoms with Crippen molar-refractivity contribution in [3.8, 4) is 11.1 Å². The minimum atomic E-state index is -0.907. The van der Waals surface area contributed by atoms with E-state index >= 15 is 0 Å². The number of hydrogen-bond acceptors (Lipinski definition) is 1. The molecule has 0 saturated carbocycles. The van der Waals surface area contributed by atoms with Gasteiger partial charge in [0.15, 0.2) is 0 Å². The Morgan fingerprint density at radius 3 is 2.70 bits per heavy atom. The molecule has 2 aromatic carbocycles. The number of aryl methyl sites for hydroxylation is 1. The third-order valence-corrected chi connectivity index (χ3v) is 3.83. The first-order valence-electron chi connectivity index (χ1n) is 6.49. The summed E-state index contributed by atoms with van der Waals surface area (Å²) in [6, 6.07) is 12.1. The first kappa shape index (κ1) is 12.5. The van der Waals surface area contributed by atoms with Gasteiger partial charge in [-0.25, -0.2) is 4.79 Å². The van der Waals surface area contributed by atoms with E-state index in [2.05, 4.69) is 31.0 Å².